The third-order valence-corrected chi connectivity index (χ3v) is 10.8. The zero-order valence-electron chi connectivity index (χ0n) is 27.6. The minimum absolute atomic E-state index is 0.0692. The highest BCUT2D eigenvalue weighted by Gasteiger charge is 2.39. The summed E-state index contributed by atoms with van der Waals surface area (Å²) in [6.45, 7) is 0.0692. The SMILES string of the molecule is c1ccc2c(c1)Oc1cccc3c1B2c1ccc(-c2ccc(-c4c5ccccc5c(-c5cccc6ccccc56)c5ccccc45)cc2)cc1O3. The topological polar surface area (TPSA) is 18.5 Å². The van der Waals surface area contributed by atoms with Gasteiger partial charge in [0.1, 0.15) is 23.0 Å². The van der Waals surface area contributed by atoms with E-state index in [1.807, 2.05) is 24.3 Å². The molecule has 9 aromatic carbocycles. The van der Waals surface area contributed by atoms with Crippen LogP contribution in [0.4, 0.5) is 0 Å². The van der Waals surface area contributed by atoms with E-state index in [0.29, 0.717) is 0 Å². The molecule has 0 saturated heterocycles. The summed E-state index contributed by atoms with van der Waals surface area (Å²) in [5.74, 6) is 3.53. The smallest absolute Gasteiger partial charge is 0.260 e. The highest BCUT2D eigenvalue weighted by molar-refractivity contribution is 6.98. The second-order valence-electron chi connectivity index (χ2n) is 13.5. The Morgan fingerprint density at radius 3 is 1.59 bits per heavy atom. The van der Waals surface area contributed by atoms with Crippen LogP contribution in [0.25, 0.3) is 65.7 Å². The average Bonchev–Trinajstić information content (AvgIpc) is 3.19. The lowest BCUT2D eigenvalue weighted by Gasteiger charge is -2.32. The average molecular weight is 649 g/mol. The maximum Gasteiger partial charge on any atom is 0.260 e. The molecule has 0 aromatic heterocycles. The van der Waals surface area contributed by atoms with Crippen LogP contribution in [-0.2, 0) is 0 Å². The molecule has 2 aliphatic heterocycles. The van der Waals surface area contributed by atoms with E-state index < -0.39 is 0 Å². The molecule has 0 fully saturated rings. The lowest BCUT2D eigenvalue weighted by atomic mass is 9.35. The maximum absolute atomic E-state index is 6.59. The summed E-state index contributed by atoms with van der Waals surface area (Å²) >= 11 is 0. The van der Waals surface area contributed by atoms with Crippen molar-refractivity contribution in [3.05, 3.63) is 176 Å². The first-order chi connectivity index (χ1) is 25.3. The minimum atomic E-state index is 0.0692. The van der Waals surface area contributed by atoms with Crippen molar-refractivity contribution in [3.63, 3.8) is 0 Å². The summed E-state index contributed by atoms with van der Waals surface area (Å²) in [5, 5.41) is 7.55. The van der Waals surface area contributed by atoms with E-state index in [4.69, 9.17) is 9.47 Å². The normalized spacial score (nSPS) is 12.6. The summed E-state index contributed by atoms with van der Waals surface area (Å²) in [6, 6.07) is 63.2. The van der Waals surface area contributed by atoms with Crippen molar-refractivity contribution >= 4 is 55.4 Å². The van der Waals surface area contributed by atoms with Crippen LogP contribution in [0.2, 0.25) is 0 Å². The molecule has 3 heteroatoms. The van der Waals surface area contributed by atoms with Gasteiger partial charge in [0.25, 0.3) is 6.71 Å². The van der Waals surface area contributed by atoms with E-state index in [1.54, 1.807) is 0 Å². The summed E-state index contributed by atoms with van der Waals surface area (Å²) < 4.78 is 12.9. The Hall–Kier alpha value is -6.58. The molecule has 11 rings (SSSR count). The van der Waals surface area contributed by atoms with E-state index in [0.717, 1.165) is 45.1 Å². The molecule has 0 spiro atoms. The number of hydrogen-bond acceptors (Lipinski definition) is 2. The van der Waals surface area contributed by atoms with E-state index in [1.165, 1.54) is 60.0 Å². The molecule has 0 unspecified atom stereocenters. The highest BCUT2D eigenvalue weighted by Crippen LogP contribution is 2.45. The van der Waals surface area contributed by atoms with Gasteiger partial charge in [0.05, 0.1) is 0 Å². The number of para-hydroxylation sites is 1. The van der Waals surface area contributed by atoms with Gasteiger partial charge in [-0.05, 0) is 101 Å². The minimum Gasteiger partial charge on any atom is -0.458 e. The molecule has 9 aromatic rings. The fourth-order valence-corrected chi connectivity index (χ4v) is 8.56. The Morgan fingerprint density at radius 1 is 0.333 bits per heavy atom. The van der Waals surface area contributed by atoms with Gasteiger partial charge >= 0.3 is 0 Å². The fraction of sp³-hybridized carbons (Fsp3) is 0. The van der Waals surface area contributed by atoms with Gasteiger partial charge in [0.15, 0.2) is 0 Å². The molecule has 0 amide bonds. The van der Waals surface area contributed by atoms with Crippen molar-refractivity contribution in [1.82, 2.24) is 0 Å². The van der Waals surface area contributed by atoms with Crippen LogP contribution >= 0.6 is 0 Å². The van der Waals surface area contributed by atoms with Crippen molar-refractivity contribution in [2.45, 2.75) is 0 Å². The van der Waals surface area contributed by atoms with Crippen LogP contribution in [0.5, 0.6) is 23.0 Å². The number of benzene rings is 9. The zero-order chi connectivity index (χ0) is 33.5. The molecular weight excluding hydrogens is 619 g/mol. The van der Waals surface area contributed by atoms with E-state index in [2.05, 4.69) is 152 Å². The van der Waals surface area contributed by atoms with Crippen LogP contribution in [-0.4, -0.2) is 6.71 Å². The van der Waals surface area contributed by atoms with Crippen molar-refractivity contribution in [1.29, 1.82) is 0 Å². The third kappa shape index (κ3) is 4.25. The van der Waals surface area contributed by atoms with E-state index >= 15 is 0 Å². The number of fused-ring (bicyclic) bond motifs is 7. The van der Waals surface area contributed by atoms with Crippen LogP contribution in [0, 0.1) is 0 Å². The Morgan fingerprint density at radius 2 is 0.843 bits per heavy atom. The summed E-state index contributed by atoms with van der Waals surface area (Å²) in [4.78, 5) is 0. The van der Waals surface area contributed by atoms with Crippen LogP contribution in [0.3, 0.4) is 0 Å². The summed E-state index contributed by atoms with van der Waals surface area (Å²) in [7, 11) is 0. The molecule has 0 radical (unpaired) electrons. The predicted molar refractivity (Wildman–Crippen MR) is 213 cm³/mol. The quantitative estimate of drug-likeness (QED) is 0.140. The van der Waals surface area contributed by atoms with Gasteiger partial charge in [0.2, 0.25) is 0 Å². The Bertz CT molecular complexity index is 2810. The fourth-order valence-electron chi connectivity index (χ4n) is 8.56. The zero-order valence-corrected chi connectivity index (χ0v) is 27.6. The molecule has 2 nitrogen and oxygen atoms in total. The Labute approximate surface area is 296 Å². The van der Waals surface area contributed by atoms with Crippen molar-refractivity contribution < 1.29 is 9.47 Å². The van der Waals surface area contributed by atoms with E-state index in [9.17, 15) is 0 Å². The predicted octanol–water partition coefficient (Wildman–Crippen LogP) is 10.9. The molecule has 0 N–H and O–H groups in total. The molecule has 2 aliphatic rings. The molecular formula is C48H29BO2. The molecule has 0 atom stereocenters. The van der Waals surface area contributed by atoms with Crippen LogP contribution < -0.4 is 25.9 Å². The van der Waals surface area contributed by atoms with Gasteiger partial charge in [-0.15, -0.1) is 0 Å². The number of hydrogen-bond donors (Lipinski definition) is 0. The molecule has 0 bridgehead atoms. The van der Waals surface area contributed by atoms with Crippen LogP contribution in [0.15, 0.2) is 176 Å². The van der Waals surface area contributed by atoms with E-state index in [-0.39, 0.29) is 6.71 Å². The summed E-state index contributed by atoms with van der Waals surface area (Å²) in [5.41, 5.74) is 10.7. The lowest BCUT2D eigenvalue weighted by Crippen LogP contribution is -2.57. The van der Waals surface area contributed by atoms with Crippen molar-refractivity contribution in [2.75, 3.05) is 0 Å². The van der Waals surface area contributed by atoms with Gasteiger partial charge < -0.3 is 9.47 Å². The second-order valence-corrected chi connectivity index (χ2v) is 13.5. The first kappa shape index (κ1) is 28.3. The Balaban J connectivity index is 1.04. The number of rotatable bonds is 3. The van der Waals surface area contributed by atoms with Gasteiger partial charge in [0, 0.05) is 5.46 Å². The molecule has 236 valence electrons. The molecule has 2 heterocycles. The first-order valence-corrected chi connectivity index (χ1v) is 17.5. The maximum atomic E-state index is 6.59. The van der Waals surface area contributed by atoms with Gasteiger partial charge in [-0.2, -0.15) is 0 Å². The van der Waals surface area contributed by atoms with Crippen LogP contribution in [0.1, 0.15) is 0 Å². The molecule has 51 heavy (non-hydrogen) atoms. The molecule has 0 aliphatic carbocycles. The summed E-state index contributed by atoms with van der Waals surface area (Å²) in [6.07, 6.45) is 0. The van der Waals surface area contributed by atoms with Crippen molar-refractivity contribution in [3.8, 4) is 56.4 Å². The largest absolute Gasteiger partial charge is 0.458 e. The van der Waals surface area contributed by atoms with Crippen molar-refractivity contribution in [2.24, 2.45) is 0 Å². The standard InChI is InChI=1S/C48H29BO2/c1-2-13-34-31(11-1)12-9-18-35(34)47-38-16-5-3-14-36(38)46(37-15-4-6-17-39(37)47)32-25-23-30(24-26-32)33-27-28-41-45(29-33)51-44-22-10-21-43-48(44)49(41)40-19-7-8-20-42(40)50-43/h1-29H. The van der Waals surface area contributed by atoms with Gasteiger partial charge in [-0.3, -0.25) is 0 Å². The lowest BCUT2D eigenvalue weighted by molar-refractivity contribution is 0.464. The van der Waals surface area contributed by atoms with Gasteiger partial charge in [-0.1, -0.05) is 152 Å². The molecule has 0 saturated carbocycles. The monoisotopic (exact) mass is 648 g/mol. The third-order valence-electron chi connectivity index (χ3n) is 10.8. The second kappa shape index (κ2) is 11.0. The Kier molecular flexibility index (Phi) is 6.08. The number of ether oxygens (including phenoxy) is 2. The van der Waals surface area contributed by atoms with Gasteiger partial charge in [-0.25, -0.2) is 0 Å². The first-order valence-electron chi connectivity index (χ1n) is 17.5. The highest BCUT2D eigenvalue weighted by atomic mass is 16.5.